The van der Waals surface area contributed by atoms with Crippen LogP contribution in [0.5, 0.6) is 11.5 Å². The minimum Gasteiger partial charge on any atom is -0.493 e. The third-order valence-corrected chi connectivity index (χ3v) is 4.83. The highest BCUT2D eigenvalue weighted by molar-refractivity contribution is 7.09. The molecule has 5 heteroatoms. The van der Waals surface area contributed by atoms with Gasteiger partial charge >= 0.3 is 0 Å². The van der Waals surface area contributed by atoms with Gasteiger partial charge in [0.05, 0.1) is 13.2 Å². The number of ether oxygens (including phenoxy) is 2. The van der Waals surface area contributed by atoms with E-state index in [1.165, 1.54) is 4.88 Å². The van der Waals surface area contributed by atoms with Crippen LogP contribution in [-0.4, -0.2) is 7.11 Å². The van der Waals surface area contributed by atoms with Gasteiger partial charge in [0.2, 0.25) is 0 Å². The molecule has 0 saturated heterocycles. The van der Waals surface area contributed by atoms with Crippen LogP contribution in [0.25, 0.3) is 0 Å². The molecule has 0 bridgehead atoms. The molecule has 0 aliphatic rings. The summed E-state index contributed by atoms with van der Waals surface area (Å²) in [5.74, 6) is 3.38. The van der Waals surface area contributed by atoms with E-state index in [1.54, 1.807) is 18.4 Å². The lowest BCUT2D eigenvalue weighted by Crippen LogP contribution is -2.17. The fourth-order valence-corrected chi connectivity index (χ4v) is 3.16. The Bertz CT molecular complexity index is 795. The quantitative estimate of drug-likeness (QED) is 0.610. The summed E-state index contributed by atoms with van der Waals surface area (Å²) in [5.41, 5.74) is 1.13. The summed E-state index contributed by atoms with van der Waals surface area (Å²) in [6, 6.07) is 14.3. The Morgan fingerprint density at radius 3 is 2.72 bits per heavy atom. The Balaban J connectivity index is 1.60. The molecule has 0 saturated carbocycles. The normalized spacial score (nSPS) is 12.1. The van der Waals surface area contributed by atoms with E-state index in [0.29, 0.717) is 6.61 Å². The van der Waals surface area contributed by atoms with Gasteiger partial charge < -0.3 is 19.2 Å². The highest BCUT2D eigenvalue weighted by Crippen LogP contribution is 2.29. The van der Waals surface area contributed by atoms with Crippen LogP contribution in [0.3, 0.4) is 0 Å². The molecule has 0 radical (unpaired) electrons. The van der Waals surface area contributed by atoms with Crippen molar-refractivity contribution in [1.29, 1.82) is 0 Å². The standard InChI is InChI=1S/C20H23NO3S/c1-14-6-8-18(24-14)15(2)21-12-16-7-9-19(20(11-16)22-3)23-13-17-5-4-10-25-17/h4-11,15,21H,12-13H2,1-3H3. The second kappa shape index (κ2) is 8.23. The van der Waals surface area contributed by atoms with Crippen molar-refractivity contribution in [2.24, 2.45) is 0 Å². The second-order valence-electron chi connectivity index (χ2n) is 5.90. The molecule has 0 spiro atoms. The molecule has 1 atom stereocenters. The van der Waals surface area contributed by atoms with Crippen molar-refractivity contribution in [3.05, 3.63) is 69.8 Å². The number of rotatable bonds is 8. The number of nitrogens with one attached hydrogen (secondary N) is 1. The maximum absolute atomic E-state index is 5.88. The molecule has 0 amide bonds. The van der Waals surface area contributed by atoms with E-state index in [1.807, 2.05) is 42.6 Å². The Labute approximate surface area is 152 Å². The van der Waals surface area contributed by atoms with E-state index >= 15 is 0 Å². The largest absolute Gasteiger partial charge is 0.493 e. The molecule has 3 aromatic rings. The number of thiophene rings is 1. The molecular formula is C20H23NO3S. The first-order valence-corrected chi connectivity index (χ1v) is 9.15. The minimum atomic E-state index is 0.148. The maximum atomic E-state index is 5.88. The zero-order valence-electron chi connectivity index (χ0n) is 14.7. The van der Waals surface area contributed by atoms with Crippen molar-refractivity contribution in [2.75, 3.05) is 7.11 Å². The third-order valence-electron chi connectivity index (χ3n) is 3.98. The summed E-state index contributed by atoms with van der Waals surface area (Å²) >= 11 is 1.69. The van der Waals surface area contributed by atoms with Crippen LogP contribution >= 0.6 is 11.3 Å². The monoisotopic (exact) mass is 357 g/mol. The first kappa shape index (κ1) is 17.6. The maximum Gasteiger partial charge on any atom is 0.161 e. The molecule has 1 aromatic carbocycles. The van der Waals surface area contributed by atoms with Gasteiger partial charge in [-0.2, -0.15) is 0 Å². The number of methoxy groups -OCH3 is 1. The lowest BCUT2D eigenvalue weighted by molar-refractivity contribution is 0.287. The summed E-state index contributed by atoms with van der Waals surface area (Å²) in [5, 5.41) is 5.51. The first-order chi connectivity index (χ1) is 12.2. The zero-order valence-corrected chi connectivity index (χ0v) is 15.6. The number of hydrogen-bond donors (Lipinski definition) is 1. The molecular weight excluding hydrogens is 334 g/mol. The van der Waals surface area contributed by atoms with E-state index in [9.17, 15) is 0 Å². The van der Waals surface area contributed by atoms with Gasteiger partial charge in [-0.25, -0.2) is 0 Å². The molecule has 132 valence electrons. The average Bonchev–Trinajstić information content (AvgIpc) is 3.29. The summed E-state index contributed by atoms with van der Waals surface area (Å²) in [6.45, 7) is 5.33. The summed E-state index contributed by atoms with van der Waals surface area (Å²) in [4.78, 5) is 1.19. The number of furan rings is 1. The Morgan fingerprint density at radius 2 is 2.04 bits per heavy atom. The Morgan fingerprint density at radius 1 is 1.16 bits per heavy atom. The van der Waals surface area contributed by atoms with Crippen molar-refractivity contribution in [3.8, 4) is 11.5 Å². The average molecular weight is 357 g/mol. The highest BCUT2D eigenvalue weighted by atomic mass is 32.1. The SMILES string of the molecule is COc1cc(CNC(C)c2ccc(C)o2)ccc1OCc1cccs1. The van der Waals surface area contributed by atoms with Crippen LogP contribution in [0.1, 0.15) is 34.9 Å². The van der Waals surface area contributed by atoms with E-state index in [0.717, 1.165) is 35.1 Å². The lowest BCUT2D eigenvalue weighted by atomic mass is 10.1. The predicted molar refractivity (Wildman–Crippen MR) is 100 cm³/mol. The van der Waals surface area contributed by atoms with Crippen LogP contribution < -0.4 is 14.8 Å². The van der Waals surface area contributed by atoms with Crippen LogP contribution in [0.4, 0.5) is 0 Å². The van der Waals surface area contributed by atoms with Crippen molar-refractivity contribution < 1.29 is 13.9 Å². The van der Waals surface area contributed by atoms with Gasteiger partial charge in [0.15, 0.2) is 11.5 Å². The van der Waals surface area contributed by atoms with Gasteiger partial charge in [-0.3, -0.25) is 0 Å². The van der Waals surface area contributed by atoms with Gasteiger partial charge in [0, 0.05) is 11.4 Å². The molecule has 2 aromatic heterocycles. The minimum absolute atomic E-state index is 0.148. The van der Waals surface area contributed by atoms with Gasteiger partial charge in [-0.1, -0.05) is 12.1 Å². The van der Waals surface area contributed by atoms with Crippen LogP contribution in [0, 0.1) is 6.92 Å². The third kappa shape index (κ3) is 4.65. The summed E-state index contributed by atoms with van der Waals surface area (Å²) < 4.78 is 17.0. The molecule has 2 heterocycles. The van der Waals surface area contributed by atoms with E-state index < -0.39 is 0 Å². The van der Waals surface area contributed by atoms with E-state index in [2.05, 4.69) is 24.4 Å². The van der Waals surface area contributed by atoms with Crippen LogP contribution in [0.2, 0.25) is 0 Å². The topological polar surface area (TPSA) is 43.6 Å². The van der Waals surface area contributed by atoms with Crippen molar-refractivity contribution in [1.82, 2.24) is 5.32 Å². The lowest BCUT2D eigenvalue weighted by Gasteiger charge is -2.14. The molecule has 4 nitrogen and oxygen atoms in total. The van der Waals surface area contributed by atoms with Gasteiger partial charge in [-0.15, -0.1) is 11.3 Å². The molecule has 0 aliphatic carbocycles. The molecule has 1 unspecified atom stereocenters. The smallest absolute Gasteiger partial charge is 0.161 e. The van der Waals surface area contributed by atoms with Crippen LogP contribution in [-0.2, 0) is 13.2 Å². The van der Waals surface area contributed by atoms with Gasteiger partial charge in [0.1, 0.15) is 18.1 Å². The van der Waals surface area contributed by atoms with Crippen LogP contribution in [0.15, 0.2) is 52.3 Å². The van der Waals surface area contributed by atoms with E-state index in [4.69, 9.17) is 13.9 Å². The van der Waals surface area contributed by atoms with Crippen molar-refractivity contribution in [2.45, 2.75) is 33.0 Å². The molecule has 0 fully saturated rings. The zero-order chi connectivity index (χ0) is 17.6. The number of aryl methyl sites for hydroxylation is 1. The first-order valence-electron chi connectivity index (χ1n) is 8.27. The predicted octanol–water partition coefficient (Wildman–Crippen LogP) is 5.09. The van der Waals surface area contributed by atoms with Gasteiger partial charge in [0.25, 0.3) is 0 Å². The summed E-state index contributed by atoms with van der Waals surface area (Å²) in [6.07, 6.45) is 0. The van der Waals surface area contributed by atoms with Crippen molar-refractivity contribution >= 4 is 11.3 Å². The molecule has 0 aliphatic heterocycles. The second-order valence-corrected chi connectivity index (χ2v) is 6.94. The number of hydrogen-bond acceptors (Lipinski definition) is 5. The highest BCUT2D eigenvalue weighted by Gasteiger charge is 2.11. The fraction of sp³-hybridized carbons (Fsp3) is 0.300. The Hall–Kier alpha value is -2.24. The summed E-state index contributed by atoms with van der Waals surface area (Å²) in [7, 11) is 1.67. The molecule has 3 rings (SSSR count). The Kier molecular flexibility index (Phi) is 5.79. The number of benzene rings is 1. The molecule has 25 heavy (non-hydrogen) atoms. The van der Waals surface area contributed by atoms with Gasteiger partial charge in [-0.05, 0) is 55.1 Å². The molecule has 1 N–H and O–H groups in total. The fourth-order valence-electron chi connectivity index (χ4n) is 2.54. The van der Waals surface area contributed by atoms with Crippen molar-refractivity contribution in [3.63, 3.8) is 0 Å². The van der Waals surface area contributed by atoms with E-state index in [-0.39, 0.29) is 6.04 Å².